The molecule has 26 heavy (non-hydrogen) atoms. The number of nitrogens with zero attached hydrogens (tertiary/aromatic N) is 2. The molecule has 0 aromatic heterocycles. The van der Waals surface area contributed by atoms with Crippen LogP contribution >= 0.6 is 0 Å². The van der Waals surface area contributed by atoms with Crippen LogP contribution in [0.4, 0.5) is 5.69 Å². The van der Waals surface area contributed by atoms with Crippen LogP contribution in [0.3, 0.4) is 0 Å². The maximum absolute atomic E-state index is 12.2. The lowest BCUT2D eigenvalue weighted by Gasteiger charge is -2.06. The number of amides is 1. The van der Waals surface area contributed by atoms with Gasteiger partial charge in [-0.05, 0) is 23.8 Å². The van der Waals surface area contributed by atoms with Gasteiger partial charge in [-0.3, -0.25) is 14.9 Å². The Kier molecular flexibility index (Phi) is 6.44. The first-order valence-electron chi connectivity index (χ1n) is 7.54. The van der Waals surface area contributed by atoms with Crippen molar-refractivity contribution in [1.29, 1.82) is 0 Å². The predicted molar refractivity (Wildman–Crippen MR) is 96.8 cm³/mol. The van der Waals surface area contributed by atoms with Crippen molar-refractivity contribution in [1.82, 2.24) is 5.43 Å². The molecule has 0 bridgehead atoms. The molecular weight excluding hydrogens is 338 g/mol. The molecule has 0 heterocycles. The normalized spacial score (nSPS) is 10.3. The zero-order chi connectivity index (χ0) is 18.9. The average Bonchev–Trinajstić information content (AvgIpc) is 2.66. The van der Waals surface area contributed by atoms with Gasteiger partial charge < -0.3 is 9.47 Å². The van der Waals surface area contributed by atoms with E-state index in [1.54, 1.807) is 30.3 Å². The van der Waals surface area contributed by atoms with Crippen LogP contribution < -0.4 is 14.9 Å². The number of methoxy groups -OCH3 is 1. The molecule has 1 N–H and O–H groups in total. The van der Waals surface area contributed by atoms with Gasteiger partial charge in [0.05, 0.1) is 23.8 Å². The summed E-state index contributed by atoms with van der Waals surface area (Å²) in [6, 6.07) is 10.8. The minimum atomic E-state index is -0.624. The lowest BCUT2D eigenvalue weighted by atomic mass is 10.1. The van der Waals surface area contributed by atoms with E-state index in [4.69, 9.17) is 9.47 Å². The smallest absolute Gasteiger partial charge is 0.275 e. The van der Waals surface area contributed by atoms with E-state index in [-0.39, 0.29) is 17.0 Å². The van der Waals surface area contributed by atoms with Gasteiger partial charge in [0.15, 0.2) is 0 Å². The van der Waals surface area contributed by atoms with Gasteiger partial charge in [-0.1, -0.05) is 24.8 Å². The Morgan fingerprint density at radius 3 is 2.85 bits per heavy atom. The van der Waals surface area contributed by atoms with Crippen molar-refractivity contribution in [3.63, 3.8) is 0 Å². The van der Waals surface area contributed by atoms with Gasteiger partial charge in [-0.2, -0.15) is 5.10 Å². The molecule has 0 unspecified atom stereocenters. The molecule has 2 rings (SSSR count). The van der Waals surface area contributed by atoms with E-state index in [2.05, 4.69) is 17.1 Å². The molecule has 0 saturated heterocycles. The number of hydrogen-bond donors (Lipinski definition) is 1. The van der Waals surface area contributed by atoms with E-state index in [1.807, 2.05) is 0 Å². The van der Waals surface area contributed by atoms with Crippen LogP contribution in [0.2, 0.25) is 0 Å². The third-order valence-corrected chi connectivity index (χ3v) is 3.24. The number of non-ortho nitro benzene ring substituents is 1. The molecule has 0 atom stereocenters. The predicted octanol–water partition coefficient (Wildman–Crippen LogP) is 2.93. The second kappa shape index (κ2) is 8.97. The summed E-state index contributed by atoms with van der Waals surface area (Å²) in [5.74, 6) is 0.226. The molecule has 1 amide bonds. The van der Waals surface area contributed by atoms with Gasteiger partial charge in [0, 0.05) is 12.1 Å². The van der Waals surface area contributed by atoms with E-state index in [0.29, 0.717) is 17.9 Å². The van der Waals surface area contributed by atoms with E-state index in [9.17, 15) is 14.9 Å². The summed E-state index contributed by atoms with van der Waals surface area (Å²) in [7, 11) is 1.37. The highest BCUT2D eigenvalue weighted by molar-refractivity contribution is 5.98. The summed E-state index contributed by atoms with van der Waals surface area (Å²) in [5.41, 5.74) is 2.83. The Morgan fingerprint density at radius 1 is 1.35 bits per heavy atom. The summed E-state index contributed by atoms with van der Waals surface area (Å²) in [6.45, 7) is 3.95. The summed E-state index contributed by atoms with van der Waals surface area (Å²) < 4.78 is 10.5. The fourth-order valence-corrected chi connectivity index (χ4v) is 2.05. The fraction of sp³-hybridized carbons (Fsp3) is 0.111. The molecule has 8 heteroatoms. The number of ether oxygens (including phenoxy) is 2. The highest BCUT2D eigenvalue weighted by atomic mass is 16.6. The Labute approximate surface area is 149 Å². The number of rotatable bonds is 8. The van der Waals surface area contributed by atoms with Gasteiger partial charge >= 0.3 is 0 Å². The van der Waals surface area contributed by atoms with Crippen LogP contribution in [0.5, 0.6) is 11.5 Å². The number of nitro benzene ring substituents is 1. The maximum atomic E-state index is 12.2. The van der Waals surface area contributed by atoms with Gasteiger partial charge in [0.2, 0.25) is 0 Å². The topological polar surface area (TPSA) is 103 Å². The number of hydrogen-bond acceptors (Lipinski definition) is 6. The number of hydrazone groups is 1. The Hall–Kier alpha value is -3.68. The third kappa shape index (κ3) is 4.91. The van der Waals surface area contributed by atoms with Crippen LogP contribution in [-0.2, 0) is 0 Å². The zero-order valence-electron chi connectivity index (χ0n) is 14.0. The first kappa shape index (κ1) is 18.7. The highest BCUT2D eigenvalue weighted by Crippen LogP contribution is 2.23. The van der Waals surface area contributed by atoms with Crippen molar-refractivity contribution < 1.29 is 19.2 Å². The van der Waals surface area contributed by atoms with Gasteiger partial charge in [0.25, 0.3) is 11.6 Å². The lowest BCUT2D eigenvalue weighted by Crippen LogP contribution is -2.18. The molecule has 0 saturated carbocycles. The summed E-state index contributed by atoms with van der Waals surface area (Å²) in [4.78, 5) is 22.5. The molecule has 8 nitrogen and oxygen atoms in total. The lowest BCUT2D eigenvalue weighted by molar-refractivity contribution is -0.384. The number of carbonyl (C=O) groups is 1. The third-order valence-electron chi connectivity index (χ3n) is 3.24. The van der Waals surface area contributed by atoms with Crippen LogP contribution in [-0.4, -0.2) is 30.8 Å². The van der Waals surface area contributed by atoms with Crippen LogP contribution in [0.15, 0.2) is 60.2 Å². The molecular formula is C18H17N3O5. The SMILES string of the molecule is C=CCOc1cccc(/C=N\NC(=O)c2cc([N+](=O)[O-])ccc2OC)c1. The molecule has 134 valence electrons. The monoisotopic (exact) mass is 355 g/mol. The summed E-state index contributed by atoms with van der Waals surface area (Å²) in [6.07, 6.45) is 3.07. The minimum absolute atomic E-state index is 0.0157. The van der Waals surface area contributed by atoms with Crippen LogP contribution in [0, 0.1) is 10.1 Å². The van der Waals surface area contributed by atoms with Crippen molar-refractivity contribution in [2.45, 2.75) is 0 Å². The molecule has 2 aromatic rings. The fourth-order valence-electron chi connectivity index (χ4n) is 2.05. The maximum Gasteiger partial charge on any atom is 0.275 e. The van der Waals surface area contributed by atoms with Crippen molar-refractivity contribution >= 4 is 17.8 Å². The molecule has 0 aliphatic rings. The van der Waals surface area contributed by atoms with Crippen molar-refractivity contribution in [2.75, 3.05) is 13.7 Å². The second-order valence-corrected chi connectivity index (χ2v) is 5.01. The first-order chi connectivity index (χ1) is 12.5. The quantitative estimate of drug-likeness (QED) is 0.339. The molecule has 0 radical (unpaired) electrons. The largest absolute Gasteiger partial charge is 0.496 e. The number of benzene rings is 2. The standard InChI is InChI=1S/C18H17N3O5/c1-3-9-26-15-6-4-5-13(10-15)12-19-20-18(22)16-11-14(21(23)24)7-8-17(16)25-2/h3-8,10-12H,1,9H2,2H3,(H,20,22)/b19-12-. The summed E-state index contributed by atoms with van der Waals surface area (Å²) in [5, 5.41) is 14.7. The molecule has 0 spiro atoms. The average molecular weight is 355 g/mol. The van der Waals surface area contributed by atoms with E-state index < -0.39 is 10.8 Å². The molecule has 0 aliphatic carbocycles. The highest BCUT2D eigenvalue weighted by Gasteiger charge is 2.17. The number of nitrogens with one attached hydrogen (secondary N) is 1. The zero-order valence-corrected chi connectivity index (χ0v) is 14.0. The van der Waals surface area contributed by atoms with E-state index in [1.165, 1.54) is 25.5 Å². The minimum Gasteiger partial charge on any atom is -0.496 e. The van der Waals surface area contributed by atoms with Crippen LogP contribution in [0.1, 0.15) is 15.9 Å². The number of carbonyl (C=O) groups excluding carboxylic acids is 1. The molecule has 0 fully saturated rings. The van der Waals surface area contributed by atoms with E-state index in [0.717, 1.165) is 6.07 Å². The Bertz CT molecular complexity index is 848. The van der Waals surface area contributed by atoms with Crippen LogP contribution in [0.25, 0.3) is 0 Å². The van der Waals surface area contributed by atoms with E-state index >= 15 is 0 Å². The molecule has 2 aromatic carbocycles. The summed E-state index contributed by atoms with van der Waals surface area (Å²) >= 11 is 0. The van der Waals surface area contributed by atoms with Gasteiger partial charge in [-0.15, -0.1) is 0 Å². The first-order valence-corrected chi connectivity index (χ1v) is 7.54. The van der Waals surface area contributed by atoms with Gasteiger partial charge in [0.1, 0.15) is 18.1 Å². The Balaban J connectivity index is 2.11. The van der Waals surface area contributed by atoms with Crippen molar-refractivity contribution in [2.24, 2.45) is 5.10 Å². The van der Waals surface area contributed by atoms with Crippen molar-refractivity contribution in [3.8, 4) is 11.5 Å². The number of nitro groups is 1. The van der Waals surface area contributed by atoms with Crippen molar-refractivity contribution in [3.05, 3.63) is 76.4 Å². The molecule has 0 aliphatic heterocycles. The Morgan fingerprint density at radius 2 is 2.15 bits per heavy atom. The van der Waals surface area contributed by atoms with Gasteiger partial charge in [-0.25, -0.2) is 5.43 Å². The second-order valence-electron chi connectivity index (χ2n) is 5.01.